The van der Waals surface area contributed by atoms with Gasteiger partial charge in [-0.05, 0) is 73.2 Å². The molecule has 13 heteroatoms. The molecule has 0 unspecified atom stereocenters. The average molecular weight is 823 g/mol. The Bertz CT molecular complexity index is 1780. The van der Waals surface area contributed by atoms with E-state index < -0.39 is 25.1 Å². The van der Waals surface area contributed by atoms with E-state index in [-0.39, 0.29) is 71.2 Å². The number of benzene rings is 4. The molecule has 0 aliphatic rings. The van der Waals surface area contributed by atoms with Crippen LogP contribution in [0.2, 0.25) is 0 Å². The average Bonchev–Trinajstić information content (AvgIpc) is 3.10. The SMILES string of the molecule is CCCCCCCCCc1cc(O)cc(Oc2ccccc2)c1S(=O)(=O)O.CCCCCCCCCc1cc([O-])cc(Oc2ccccc2)c1S(=O)(=O)[O-].[Ca+2]. The van der Waals surface area contributed by atoms with Gasteiger partial charge in [0.2, 0.25) is 0 Å². The summed E-state index contributed by atoms with van der Waals surface area (Å²) in [5.41, 5.74) is 0.619. The van der Waals surface area contributed by atoms with Crippen LogP contribution in [0.1, 0.15) is 115 Å². The summed E-state index contributed by atoms with van der Waals surface area (Å²) in [5, 5.41) is 22.0. The summed E-state index contributed by atoms with van der Waals surface area (Å²) in [7, 11) is -9.26. The molecule has 0 amide bonds. The number of para-hydroxylation sites is 2. The van der Waals surface area contributed by atoms with E-state index in [0.29, 0.717) is 29.9 Å². The van der Waals surface area contributed by atoms with E-state index in [2.05, 4.69) is 13.8 Å². The molecular formula is C42H54CaO10S2. The third kappa shape index (κ3) is 17.9. The van der Waals surface area contributed by atoms with Crippen molar-refractivity contribution in [3.63, 3.8) is 0 Å². The van der Waals surface area contributed by atoms with Crippen molar-refractivity contribution in [2.45, 2.75) is 126 Å². The van der Waals surface area contributed by atoms with Crippen LogP contribution in [0.15, 0.2) is 94.7 Å². The number of hydrogen-bond acceptors (Lipinski definition) is 9. The van der Waals surface area contributed by atoms with Gasteiger partial charge >= 0.3 is 37.7 Å². The first kappa shape index (κ1) is 48.3. The summed E-state index contributed by atoms with van der Waals surface area (Å²) in [4.78, 5) is -0.688. The van der Waals surface area contributed by atoms with Crippen LogP contribution in [0, 0.1) is 0 Å². The number of unbranched alkanes of at least 4 members (excludes halogenated alkanes) is 12. The largest absolute Gasteiger partial charge is 2.00 e. The molecule has 0 saturated heterocycles. The fraction of sp³-hybridized carbons (Fsp3) is 0.429. The Kier molecular flexibility index (Phi) is 22.3. The van der Waals surface area contributed by atoms with Crippen LogP contribution in [0.5, 0.6) is 34.5 Å². The zero-order chi connectivity index (χ0) is 39.4. The third-order valence-electron chi connectivity index (χ3n) is 8.77. The minimum absolute atomic E-state index is 0. The van der Waals surface area contributed by atoms with Crippen LogP contribution >= 0.6 is 0 Å². The van der Waals surface area contributed by atoms with Crippen molar-refractivity contribution in [2.24, 2.45) is 0 Å². The van der Waals surface area contributed by atoms with Crippen molar-refractivity contribution in [2.75, 3.05) is 0 Å². The van der Waals surface area contributed by atoms with Gasteiger partial charge < -0.3 is 24.2 Å². The molecule has 0 radical (unpaired) electrons. The molecule has 0 spiro atoms. The predicted molar refractivity (Wildman–Crippen MR) is 214 cm³/mol. The van der Waals surface area contributed by atoms with Crippen LogP contribution in [-0.4, -0.2) is 68.8 Å². The molecule has 0 aliphatic carbocycles. The molecule has 0 aliphatic heterocycles. The zero-order valence-electron chi connectivity index (χ0n) is 32.1. The second-order valence-corrected chi connectivity index (χ2v) is 16.0. The first-order chi connectivity index (χ1) is 25.8. The first-order valence-electron chi connectivity index (χ1n) is 18.9. The molecule has 4 aromatic rings. The van der Waals surface area contributed by atoms with Gasteiger partial charge in [0.15, 0.2) is 5.75 Å². The van der Waals surface area contributed by atoms with Crippen molar-refractivity contribution in [1.29, 1.82) is 0 Å². The van der Waals surface area contributed by atoms with Gasteiger partial charge in [0, 0.05) is 6.07 Å². The van der Waals surface area contributed by atoms with E-state index in [1.807, 2.05) is 6.07 Å². The second kappa shape index (κ2) is 25.4. The summed E-state index contributed by atoms with van der Waals surface area (Å²) in [6.45, 7) is 4.34. The summed E-state index contributed by atoms with van der Waals surface area (Å²) in [6, 6.07) is 22.1. The Morgan fingerprint density at radius 3 is 1.38 bits per heavy atom. The molecule has 55 heavy (non-hydrogen) atoms. The molecule has 0 fully saturated rings. The van der Waals surface area contributed by atoms with E-state index in [1.54, 1.807) is 54.6 Å². The molecule has 4 aromatic carbocycles. The fourth-order valence-corrected chi connectivity index (χ4v) is 7.83. The Hall–Kier alpha value is -2.84. The normalized spacial score (nSPS) is 11.3. The molecule has 2 N–H and O–H groups in total. The Labute approximate surface area is 357 Å². The second-order valence-electron chi connectivity index (χ2n) is 13.3. The van der Waals surface area contributed by atoms with Crippen molar-refractivity contribution < 1.29 is 45.6 Å². The van der Waals surface area contributed by atoms with Crippen LogP contribution in [0.4, 0.5) is 0 Å². The number of aromatic hydroxyl groups is 1. The quantitative estimate of drug-likeness (QED) is 0.0441. The van der Waals surface area contributed by atoms with Gasteiger partial charge in [-0.25, -0.2) is 8.42 Å². The number of rotatable bonds is 22. The number of phenols is 1. The van der Waals surface area contributed by atoms with Gasteiger partial charge in [0.25, 0.3) is 10.1 Å². The van der Waals surface area contributed by atoms with E-state index in [4.69, 9.17) is 9.47 Å². The molecule has 296 valence electrons. The molecule has 4 rings (SSSR count). The Balaban J connectivity index is 0.000000373. The molecule has 10 nitrogen and oxygen atoms in total. The van der Waals surface area contributed by atoms with E-state index in [1.165, 1.54) is 63.1 Å². The number of aryl methyl sites for hydroxylation is 2. The van der Waals surface area contributed by atoms with E-state index >= 15 is 0 Å². The summed E-state index contributed by atoms with van der Waals surface area (Å²) >= 11 is 0. The molecule has 0 aromatic heterocycles. The minimum Gasteiger partial charge on any atom is -0.872 e. The van der Waals surface area contributed by atoms with Crippen LogP contribution in [0.3, 0.4) is 0 Å². The van der Waals surface area contributed by atoms with Gasteiger partial charge in [0.1, 0.15) is 42.9 Å². The van der Waals surface area contributed by atoms with Gasteiger partial charge in [-0.3, -0.25) is 4.55 Å². The molecule has 0 saturated carbocycles. The molecule has 0 atom stereocenters. The van der Waals surface area contributed by atoms with Crippen LogP contribution < -0.4 is 14.6 Å². The van der Waals surface area contributed by atoms with Crippen molar-refractivity contribution >= 4 is 58.0 Å². The Morgan fingerprint density at radius 2 is 0.964 bits per heavy atom. The van der Waals surface area contributed by atoms with Crippen molar-refractivity contribution in [3.8, 4) is 34.5 Å². The first-order valence-corrected chi connectivity index (χ1v) is 21.8. The zero-order valence-corrected chi connectivity index (χ0v) is 35.9. The van der Waals surface area contributed by atoms with E-state index in [0.717, 1.165) is 51.0 Å². The summed E-state index contributed by atoms with van der Waals surface area (Å²) < 4.78 is 80.4. The van der Waals surface area contributed by atoms with Gasteiger partial charge in [-0.15, -0.1) is 5.75 Å². The monoisotopic (exact) mass is 822 g/mol. The van der Waals surface area contributed by atoms with Crippen molar-refractivity contribution in [1.82, 2.24) is 0 Å². The molecule has 0 bridgehead atoms. The van der Waals surface area contributed by atoms with Crippen molar-refractivity contribution in [3.05, 3.63) is 96.1 Å². The van der Waals surface area contributed by atoms with Gasteiger partial charge in [-0.2, -0.15) is 8.42 Å². The summed E-state index contributed by atoms with van der Waals surface area (Å²) in [5.74, 6) is 0.0746. The number of hydrogen-bond donors (Lipinski definition) is 2. The van der Waals surface area contributed by atoms with E-state index in [9.17, 15) is 36.2 Å². The maximum Gasteiger partial charge on any atom is 2.00 e. The predicted octanol–water partition coefficient (Wildman–Crippen LogP) is 10.1. The number of phenolic OH excluding ortho intramolecular Hbond substituents is 1. The smallest absolute Gasteiger partial charge is 0.872 e. The molecule has 0 heterocycles. The fourth-order valence-electron chi connectivity index (χ4n) is 6.15. The standard InChI is InChI=1S/2C21H28O5S.Ca/c2*1-2-3-4-5-6-7-9-12-17-15-18(22)16-20(21(17)27(23,24)25)26-19-13-10-8-11-14-19;/h2*8,10-11,13-16,22H,2-7,9,12H2,1H3,(H,23,24,25);/q;;+2/p-2. The van der Waals surface area contributed by atoms with Gasteiger partial charge in [0.05, 0.1) is 0 Å². The Morgan fingerprint density at radius 1 is 0.564 bits per heavy atom. The van der Waals surface area contributed by atoms with Gasteiger partial charge in [-0.1, -0.05) is 133 Å². The topological polar surface area (TPSA) is 173 Å². The van der Waals surface area contributed by atoms with Crippen LogP contribution in [0.25, 0.3) is 0 Å². The van der Waals surface area contributed by atoms with Crippen LogP contribution in [-0.2, 0) is 33.1 Å². The number of ether oxygens (including phenoxy) is 2. The molecular weight excluding hydrogens is 769 g/mol. The maximum absolute atomic E-state index is 12.0. The maximum atomic E-state index is 12.0. The minimum atomic E-state index is -4.77. The third-order valence-corrected chi connectivity index (χ3v) is 10.7. The summed E-state index contributed by atoms with van der Waals surface area (Å²) in [6.07, 6.45) is 15.9.